The molecule has 4 aliphatic rings. The Bertz CT molecular complexity index is 893. The van der Waals surface area contributed by atoms with Crippen LogP contribution < -0.4 is 0 Å². The van der Waals surface area contributed by atoms with Crippen molar-refractivity contribution < 1.29 is 39.5 Å². The second-order valence-corrected chi connectivity index (χ2v) is 12.9. The summed E-state index contributed by atoms with van der Waals surface area (Å²) in [4.78, 5) is 25.0. The van der Waals surface area contributed by atoms with Crippen LogP contribution in [0, 0.1) is 28.6 Å². The van der Waals surface area contributed by atoms with Crippen molar-refractivity contribution in [3.05, 3.63) is 0 Å². The van der Waals surface area contributed by atoms with E-state index < -0.39 is 46.4 Å². The molecule has 4 fully saturated rings. The fourth-order valence-electron chi connectivity index (χ4n) is 8.83. The average molecular weight is 511 g/mol. The molecule has 0 heterocycles. The highest BCUT2D eigenvalue weighted by molar-refractivity contribution is 5.72. The molecule has 0 bridgehead atoms. The van der Waals surface area contributed by atoms with Gasteiger partial charge in [-0.15, -0.1) is 0 Å². The van der Waals surface area contributed by atoms with Gasteiger partial charge in [0.25, 0.3) is 0 Å². The lowest BCUT2D eigenvalue weighted by molar-refractivity contribution is -0.342. The molecule has 206 valence electrons. The number of ether oxygens (including phenoxy) is 2. The Morgan fingerprint density at radius 3 is 2.28 bits per heavy atom. The van der Waals surface area contributed by atoms with Gasteiger partial charge in [0.2, 0.25) is 0 Å². The quantitative estimate of drug-likeness (QED) is 0.415. The number of aliphatic hydroxyl groups is 4. The van der Waals surface area contributed by atoms with E-state index in [0.29, 0.717) is 38.5 Å². The monoisotopic (exact) mass is 510 g/mol. The first kappa shape index (κ1) is 27.8. The van der Waals surface area contributed by atoms with Gasteiger partial charge in [-0.1, -0.05) is 27.7 Å². The van der Waals surface area contributed by atoms with Crippen LogP contribution in [0.2, 0.25) is 0 Å². The first-order chi connectivity index (χ1) is 16.6. The minimum absolute atomic E-state index is 0.0966. The summed E-state index contributed by atoms with van der Waals surface area (Å²) in [5, 5.41) is 47.6. The van der Waals surface area contributed by atoms with Crippen molar-refractivity contribution in [2.75, 3.05) is 0 Å². The smallest absolute Gasteiger partial charge is 0.309 e. The number of aliphatic hydroxyl groups excluding tert-OH is 1. The van der Waals surface area contributed by atoms with E-state index in [0.717, 1.165) is 0 Å². The molecule has 0 aromatic carbocycles. The van der Waals surface area contributed by atoms with Crippen LogP contribution in [0.4, 0.5) is 0 Å². The Labute approximate surface area is 214 Å². The lowest BCUT2D eigenvalue weighted by atomic mass is 9.40. The fourth-order valence-corrected chi connectivity index (χ4v) is 8.83. The highest BCUT2D eigenvalue weighted by Crippen LogP contribution is 2.72. The zero-order valence-electron chi connectivity index (χ0n) is 22.7. The van der Waals surface area contributed by atoms with Crippen LogP contribution in [0.15, 0.2) is 0 Å². The van der Waals surface area contributed by atoms with Crippen LogP contribution in [-0.4, -0.2) is 67.5 Å². The molecule has 0 saturated heterocycles. The van der Waals surface area contributed by atoms with Crippen molar-refractivity contribution in [3.8, 4) is 0 Å². The molecule has 0 amide bonds. The van der Waals surface area contributed by atoms with Crippen molar-refractivity contribution >= 4 is 11.9 Å². The molecule has 0 aromatic rings. The van der Waals surface area contributed by atoms with Crippen LogP contribution in [0.1, 0.15) is 99.3 Å². The number of hydrogen-bond donors (Lipinski definition) is 4. The van der Waals surface area contributed by atoms with Gasteiger partial charge >= 0.3 is 11.9 Å². The first-order valence-electron chi connectivity index (χ1n) is 13.8. The molecular formula is C28H46O8. The topological polar surface area (TPSA) is 134 Å². The average Bonchev–Trinajstić information content (AvgIpc) is 3.04. The molecule has 4 rings (SSSR count). The largest absolute Gasteiger partial charge is 0.462 e. The van der Waals surface area contributed by atoms with Crippen LogP contribution in [0.3, 0.4) is 0 Å². The van der Waals surface area contributed by atoms with E-state index in [1.165, 1.54) is 6.92 Å². The van der Waals surface area contributed by atoms with E-state index in [-0.39, 0.29) is 48.5 Å². The fraction of sp³-hybridized carbons (Fsp3) is 0.929. The molecule has 36 heavy (non-hydrogen) atoms. The number of rotatable bonds is 5. The summed E-state index contributed by atoms with van der Waals surface area (Å²) >= 11 is 0. The normalized spacial score (nSPS) is 49.7. The van der Waals surface area contributed by atoms with E-state index >= 15 is 0 Å². The Kier molecular flexibility index (Phi) is 6.89. The zero-order valence-corrected chi connectivity index (χ0v) is 22.7. The second-order valence-electron chi connectivity index (χ2n) is 12.9. The predicted molar refractivity (Wildman–Crippen MR) is 132 cm³/mol. The van der Waals surface area contributed by atoms with E-state index in [1.54, 1.807) is 20.8 Å². The van der Waals surface area contributed by atoms with Crippen LogP contribution >= 0.6 is 0 Å². The summed E-state index contributed by atoms with van der Waals surface area (Å²) in [5.41, 5.74) is -6.82. The van der Waals surface area contributed by atoms with Gasteiger partial charge in [0.05, 0.1) is 23.0 Å². The highest BCUT2D eigenvalue weighted by atomic mass is 16.6. The summed E-state index contributed by atoms with van der Waals surface area (Å²) in [6.07, 6.45) is 1.83. The maximum absolute atomic E-state index is 12.7. The summed E-state index contributed by atoms with van der Waals surface area (Å²) in [5.74, 6) is -1.48. The predicted octanol–water partition coefficient (Wildman–Crippen LogP) is 2.87. The van der Waals surface area contributed by atoms with Gasteiger partial charge in [-0.05, 0) is 82.0 Å². The second kappa shape index (κ2) is 8.92. The molecule has 4 N–H and O–H groups in total. The third-order valence-electron chi connectivity index (χ3n) is 11.5. The zero-order chi connectivity index (χ0) is 26.9. The standard InChI is InChI=1S/C28H46O8/c1-7-16(2)23(31)35-17(3)26(32)12-13-28(34)25(26,6)22(36-18(4)29)15-21-24(5)10-9-20(30)14-19(24)8-11-27(21,28)33/h16-17,19-22,30,32-34H,7-15H2,1-6H3. The molecule has 11 unspecified atom stereocenters. The molecule has 8 nitrogen and oxygen atoms in total. The molecule has 4 aliphatic carbocycles. The molecular weight excluding hydrogens is 464 g/mol. The summed E-state index contributed by atoms with van der Waals surface area (Å²) in [6.45, 7) is 10.4. The van der Waals surface area contributed by atoms with Crippen molar-refractivity contribution in [1.29, 1.82) is 0 Å². The van der Waals surface area contributed by atoms with Gasteiger partial charge in [0.15, 0.2) is 0 Å². The Morgan fingerprint density at radius 1 is 1.00 bits per heavy atom. The molecule has 8 heteroatoms. The molecule has 11 atom stereocenters. The van der Waals surface area contributed by atoms with Gasteiger partial charge in [-0.25, -0.2) is 0 Å². The van der Waals surface area contributed by atoms with Crippen molar-refractivity contribution in [1.82, 2.24) is 0 Å². The highest BCUT2D eigenvalue weighted by Gasteiger charge is 2.82. The molecule has 0 aromatic heterocycles. The number of esters is 2. The van der Waals surface area contributed by atoms with Gasteiger partial charge in [0.1, 0.15) is 23.4 Å². The third kappa shape index (κ3) is 3.53. The van der Waals surface area contributed by atoms with Crippen LogP contribution in [0.5, 0.6) is 0 Å². The summed E-state index contributed by atoms with van der Waals surface area (Å²) in [7, 11) is 0. The first-order valence-corrected chi connectivity index (χ1v) is 13.8. The van der Waals surface area contributed by atoms with Gasteiger partial charge in [0, 0.05) is 6.92 Å². The number of carbonyl (C=O) groups excluding carboxylic acids is 2. The molecule has 4 saturated carbocycles. The van der Waals surface area contributed by atoms with Gasteiger partial charge < -0.3 is 29.9 Å². The molecule has 0 radical (unpaired) electrons. The van der Waals surface area contributed by atoms with Crippen molar-refractivity contribution in [3.63, 3.8) is 0 Å². The number of carbonyl (C=O) groups is 2. The summed E-state index contributed by atoms with van der Waals surface area (Å²) in [6, 6.07) is 0. The Hall–Kier alpha value is -1.22. The third-order valence-corrected chi connectivity index (χ3v) is 11.5. The maximum Gasteiger partial charge on any atom is 0.309 e. The van der Waals surface area contributed by atoms with E-state index in [1.807, 2.05) is 6.92 Å². The SMILES string of the molecule is CCC(C)C(=O)OC(C)C1(O)CCC2(O)C3(O)CCC4CC(O)CCC4(C)C3CC(OC(C)=O)C12C. The lowest BCUT2D eigenvalue weighted by Crippen LogP contribution is -2.79. The van der Waals surface area contributed by atoms with Crippen molar-refractivity contribution in [2.24, 2.45) is 28.6 Å². The Balaban J connectivity index is 1.79. The van der Waals surface area contributed by atoms with Crippen LogP contribution in [-0.2, 0) is 19.1 Å². The Morgan fingerprint density at radius 2 is 1.67 bits per heavy atom. The minimum atomic E-state index is -1.77. The van der Waals surface area contributed by atoms with E-state index in [4.69, 9.17) is 9.47 Å². The minimum Gasteiger partial charge on any atom is -0.462 e. The van der Waals surface area contributed by atoms with E-state index in [9.17, 15) is 30.0 Å². The number of fused-ring (bicyclic) bond motifs is 5. The lowest BCUT2D eigenvalue weighted by Gasteiger charge is -2.69. The van der Waals surface area contributed by atoms with Crippen molar-refractivity contribution in [2.45, 2.75) is 134 Å². The molecule has 0 spiro atoms. The number of hydrogen-bond acceptors (Lipinski definition) is 8. The van der Waals surface area contributed by atoms with Gasteiger partial charge in [-0.2, -0.15) is 0 Å². The van der Waals surface area contributed by atoms with Gasteiger partial charge in [-0.3, -0.25) is 9.59 Å². The molecule has 0 aliphatic heterocycles. The van der Waals surface area contributed by atoms with Crippen LogP contribution in [0.25, 0.3) is 0 Å². The van der Waals surface area contributed by atoms with E-state index in [2.05, 4.69) is 6.92 Å². The summed E-state index contributed by atoms with van der Waals surface area (Å²) < 4.78 is 11.6. The maximum atomic E-state index is 12.7.